The van der Waals surface area contributed by atoms with Crippen LogP contribution in [0.4, 0.5) is 0 Å². The van der Waals surface area contributed by atoms with Crippen molar-refractivity contribution in [3.63, 3.8) is 0 Å². The van der Waals surface area contributed by atoms with Gasteiger partial charge in [-0.05, 0) is 38.5 Å². The molecule has 0 heterocycles. The maximum atomic E-state index is 6.35. The van der Waals surface area contributed by atoms with Crippen molar-refractivity contribution in [3.05, 3.63) is 0 Å². The molecular formula is C20H35Cl8N. The third kappa shape index (κ3) is 26.4. The Hall–Kier alpha value is 2.28. The zero-order valence-corrected chi connectivity index (χ0v) is 23.0. The van der Waals surface area contributed by atoms with Crippen molar-refractivity contribution >= 4 is 92.8 Å². The zero-order valence-electron chi connectivity index (χ0n) is 17.0. The third-order valence-corrected chi connectivity index (χ3v) is 6.52. The summed E-state index contributed by atoms with van der Waals surface area (Å²) in [7, 11) is 0. The van der Waals surface area contributed by atoms with Crippen LogP contribution in [0.3, 0.4) is 0 Å². The molecule has 0 amide bonds. The molecule has 1 N–H and O–H groups in total. The molecule has 29 heavy (non-hydrogen) atoms. The summed E-state index contributed by atoms with van der Waals surface area (Å²) in [5.74, 6) is 0. The van der Waals surface area contributed by atoms with Gasteiger partial charge < -0.3 is 0 Å². The molecule has 0 rings (SSSR count). The summed E-state index contributed by atoms with van der Waals surface area (Å²) in [5, 5.41) is 3.28. The number of halogens is 8. The van der Waals surface area contributed by atoms with Crippen LogP contribution in [0.2, 0.25) is 0 Å². The van der Waals surface area contributed by atoms with Crippen LogP contribution in [0.15, 0.2) is 0 Å². The van der Waals surface area contributed by atoms with Gasteiger partial charge >= 0.3 is 0 Å². The predicted octanol–water partition coefficient (Wildman–Crippen LogP) is 10.7. The number of hydrogen-bond donors (Lipinski definition) is 1. The molecule has 0 bridgehead atoms. The Labute approximate surface area is 218 Å². The van der Waals surface area contributed by atoms with Crippen molar-refractivity contribution in [1.82, 2.24) is 5.32 Å². The number of hydrogen-bond acceptors (Lipinski definition) is 1. The Balaban J connectivity index is 3.42. The fourth-order valence-electron chi connectivity index (χ4n) is 3.08. The van der Waals surface area contributed by atoms with E-state index in [4.69, 9.17) is 92.8 Å². The zero-order chi connectivity index (χ0) is 22.2. The minimum Gasteiger partial charge on any atom is -0.285 e. The van der Waals surface area contributed by atoms with Gasteiger partial charge in [-0.2, -0.15) is 0 Å². The molecule has 176 valence electrons. The highest BCUT2D eigenvalue weighted by molar-refractivity contribution is 6.67. The van der Waals surface area contributed by atoms with Crippen LogP contribution in [0.1, 0.15) is 103 Å². The van der Waals surface area contributed by atoms with Crippen LogP contribution in [-0.2, 0) is 0 Å². The summed E-state index contributed by atoms with van der Waals surface area (Å²) in [6.07, 6.45) is 16.5. The maximum absolute atomic E-state index is 6.35. The van der Waals surface area contributed by atoms with Crippen LogP contribution in [0.5, 0.6) is 0 Å². The predicted molar refractivity (Wildman–Crippen MR) is 137 cm³/mol. The lowest BCUT2D eigenvalue weighted by Crippen LogP contribution is -2.31. The average Bonchev–Trinajstić information content (AvgIpc) is 2.57. The van der Waals surface area contributed by atoms with E-state index in [0.717, 1.165) is 51.4 Å². The first kappa shape index (κ1) is 31.3. The van der Waals surface area contributed by atoms with Crippen LogP contribution in [0, 0.1) is 0 Å². The molecule has 9 heteroatoms. The Morgan fingerprint density at radius 1 is 0.448 bits per heavy atom. The molecule has 2 atom stereocenters. The number of rotatable bonds is 18. The van der Waals surface area contributed by atoms with Gasteiger partial charge in [0.2, 0.25) is 0 Å². The average molecular weight is 573 g/mol. The van der Waals surface area contributed by atoms with Gasteiger partial charge in [-0.15, -0.1) is 23.2 Å². The van der Waals surface area contributed by atoms with E-state index in [1.54, 1.807) is 0 Å². The summed E-state index contributed by atoms with van der Waals surface area (Å²) < 4.78 is -2.22. The molecule has 2 unspecified atom stereocenters. The molecule has 1 nitrogen and oxygen atoms in total. The minimum absolute atomic E-state index is 0.0659. The summed E-state index contributed by atoms with van der Waals surface area (Å²) >= 11 is 47.1. The second kappa shape index (κ2) is 18.7. The molecule has 0 radical (unpaired) electrons. The molecule has 0 saturated carbocycles. The first-order valence-electron chi connectivity index (χ1n) is 10.7. The van der Waals surface area contributed by atoms with E-state index < -0.39 is 7.59 Å². The summed E-state index contributed by atoms with van der Waals surface area (Å²) in [6, 6.07) is 0. The first-order chi connectivity index (χ1) is 13.5. The van der Waals surface area contributed by atoms with E-state index in [2.05, 4.69) is 5.32 Å². The molecule has 0 saturated heterocycles. The van der Waals surface area contributed by atoms with E-state index in [-0.39, 0.29) is 11.0 Å². The molecule has 0 aromatic carbocycles. The lowest BCUT2D eigenvalue weighted by Gasteiger charge is -2.17. The van der Waals surface area contributed by atoms with Crippen molar-refractivity contribution in [2.45, 2.75) is 121 Å². The smallest absolute Gasteiger partial charge is 0.190 e. The van der Waals surface area contributed by atoms with Gasteiger partial charge in [-0.3, -0.25) is 5.32 Å². The van der Waals surface area contributed by atoms with E-state index in [0.29, 0.717) is 12.8 Å². The lowest BCUT2D eigenvalue weighted by molar-refractivity contribution is 0.490. The van der Waals surface area contributed by atoms with Crippen molar-refractivity contribution in [1.29, 1.82) is 0 Å². The third-order valence-electron chi connectivity index (χ3n) is 4.70. The van der Waals surface area contributed by atoms with E-state index in [1.807, 2.05) is 0 Å². The molecule has 0 aliphatic carbocycles. The molecule has 0 aromatic heterocycles. The fourth-order valence-corrected chi connectivity index (χ4v) is 4.55. The topological polar surface area (TPSA) is 12.0 Å². The standard InChI is InChI=1S/C20H35Cl8N/c21-17(13-9-5-1-3-7-11-15-19(23,24)25)29-18(22)14-10-6-2-4-8-12-16-20(26,27)28/h17-18,29H,1-16H2. The minimum atomic E-state index is -1.11. The van der Waals surface area contributed by atoms with Crippen LogP contribution in [-0.4, -0.2) is 18.6 Å². The molecular weight excluding hydrogens is 538 g/mol. The first-order valence-corrected chi connectivity index (χ1v) is 13.8. The summed E-state index contributed by atoms with van der Waals surface area (Å²) in [4.78, 5) is 0. The summed E-state index contributed by atoms with van der Waals surface area (Å²) in [5.41, 5.74) is -0.132. The normalized spacial score (nSPS) is 14.9. The molecule has 0 aromatic rings. The largest absolute Gasteiger partial charge is 0.285 e. The SMILES string of the molecule is ClC(CCCCCCCCC(Cl)(Cl)Cl)NC(Cl)CCCCCCCCC(Cl)(Cl)Cl. The van der Waals surface area contributed by atoms with Gasteiger partial charge in [0.15, 0.2) is 7.59 Å². The monoisotopic (exact) mass is 569 g/mol. The van der Waals surface area contributed by atoms with E-state index in [1.165, 1.54) is 38.5 Å². The molecule has 0 fully saturated rings. The highest BCUT2D eigenvalue weighted by atomic mass is 35.6. The Bertz CT molecular complexity index is 336. The second-order valence-electron chi connectivity index (χ2n) is 7.65. The Morgan fingerprint density at radius 3 is 1.03 bits per heavy atom. The molecule has 0 spiro atoms. The van der Waals surface area contributed by atoms with E-state index in [9.17, 15) is 0 Å². The van der Waals surface area contributed by atoms with Crippen LogP contribution >= 0.6 is 92.8 Å². The second-order valence-corrected chi connectivity index (χ2v) is 13.7. The van der Waals surface area contributed by atoms with Gasteiger partial charge in [0, 0.05) is 0 Å². The number of nitrogens with one attached hydrogen (secondary N) is 1. The fraction of sp³-hybridized carbons (Fsp3) is 1.00. The maximum Gasteiger partial charge on any atom is 0.190 e. The highest BCUT2D eigenvalue weighted by Gasteiger charge is 2.18. The van der Waals surface area contributed by atoms with Gasteiger partial charge in [0.25, 0.3) is 0 Å². The highest BCUT2D eigenvalue weighted by Crippen LogP contribution is 2.33. The van der Waals surface area contributed by atoms with E-state index >= 15 is 0 Å². The molecule has 0 aliphatic rings. The van der Waals surface area contributed by atoms with Gasteiger partial charge in [-0.1, -0.05) is 134 Å². The quantitative estimate of drug-likeness (QED) is 0.0978. The summed E-state index contributed by atoms with van der Waals surface area (Å²) in [6.45, 7) is 0. The van der Waals surface area contributed by atoms with Gasteiger partial charge in [-0.25, -0.2) is 0 Å². The van der Waals surface area contributed by atoms with Crippen molar-refractivity contribution < 1.29 is 0 Å². The van der Waals surface area contributed by atoms with Gasteiger partial charge in [0.05, 0.1) is 11.0 Å². The van der Waals surface area contributed by atoms with Crippen molar-refractivity contribution in [2.75, 3.05) is 0 Å². The van der Waals surface area contributed by atoms with Crippen molar-refractivity contribution in [2.24, 2.45) is 0 Å². The Kier molecular flexibility index (Phi) is 20.1. The lowest BCUT2D eigenvalue weighted by atomic mass is 10.1. The van der Waals surface area contributed by atoms with Crippen LogP contribution in [0.25, 0.3) is 0 Å². The number of unbranched alkanes of at least 4 members (excludes halogenated alkanes) is 10. The van der Waals surface area contributed by atoms with Crippen molar-refractivity contribution in [3.8, 4) is 0 Å². The number of alkyl halides is 8. The van der Waals surface area contributed by atoms with Gasteiger partial charge in [0.1, 0.15) is 0 Å². The Morgan fingerprint density at radius 2 is 0.724 bits per heavy atom. The van der Waals surface area contributed by atoms with Crippen LogP contribution < -0.4 is 5.32 Å². The molecule has 0 aliphatic heterocycles.